The summed E-state index contributed by atoms with van der Waals surface area (Å²) in [6.07, 6.45) is 0. The van der Waals surface area contributed by atoms with Gasteiger partial charge in [0, 0.05) is 5.69 Å². The highest BCUT2D eigenvalue weighted by atomic mass is 16.4. The number of hydrogen-bond acceptors (Lipinski definition) is 3. The third-order valence-electron chi connectivity index (χ3n) is 3.01. The molecule has 5 heteroatoms. The van der Waals surface area contributed by atoms with E-state index in [0.29, 0.717) is 5.69 Å². The van der Waals surface area contributed by atoms with Crippen molar-refractivity contribution in [3.8, 4) is 11.1 Å². The highest BCUT2D eigenvalue weighted by Crippen LogP contribution is 2.22. The van der Waals surface area contributed by atoms with E-state index in [2.05, 4.69) is 0 Å². The van der Waals surface area contributed by atoms with Crippen LogP contribution in [0, 0.1) is 0 Å². The Labute approximate surface area is 122 Å². The molecule has 21 heavy (non-hydrogen) atoms. The Kier molecular flexibility index (Phi) is 4.56. The van der Waals surface area contributed by atoms with E-state index in [9.17, 15) is 9.59 Å². The van der Waals surface area contributed by atoms with Crippen molar-refractivity contribution < 1.29 is 14.7 Å². The fraction of sp³-hybridized carbons (Fsp3) is 0.125. The molecule has 0 aliphatic rings. The van der Waals surface area contributed by atoms with Gasteiger partial charge in [-0.2, -0.15) is 0 Å². The first-order chi connectivity index (χ1) is 10.1. The number of nitrogens with two attached hydrogens (primary N) is 1. The van der Waals surface area contributed by atoms with Gasteiger partial charge in [-0.25, -0.2) is 0 Å². The van der Waals surface area contributed by atoms with Crippen molar-refractivity contribution in [1.29, 1.82) is 0 Å². The van der Waals surface area contributed by atoms with E-state index in [-0.39, 0.29) is 13.1 Å². The molecule has 0 aromatic heterocycles. The summed E-state index contributed by atoms with van der Waals surface area (Å²) in [5, 5.41) is 8.90. The number of carbonyl (C=O) groups excluding carboxylic acids is 1. The topological polar surface area (TPSA) is 83.6 Å². The van der Waals surface area contributed by atoms with Crippen LogP contribution in [-0.2, 0) is 9.59 Å². The first-order valence-electron chi connectivity index (χ1n) is 6.47. The third-order valence-corrected chi connectivity index (χ3v) is 3.01. The Balaban J connectivity index is 2.22. The number of carboxylic acid groups (broad SMARTS) is 1. The fourth-order valence-corrected chi connectivity index (χ4v) is 2.09. The summed E-state index contributed by atoms with van der Waals surface area (Å²) < 4.78 is 0. The molecule has 0 saturated heterocycles. The summed E-state index contributed by atoms with van der Waals surface area (Å²) in [6.45, 7) is -0.398. The highest BCUT2D eigenvalue weighted by Gasteiger charge is 2.13. The first kappa shape index (κ1) is 14.6. The minimum absolute atomic E-state index is 0.128. The van der Waals surface area contributed by atoms with Crippen molar-refractivity contribution in [1.82, 2.24) is 0 Å². The zero-order chi connectivity index (χ0) is 15.2. The molecule has 5 nitrogen and oxygen atoms in total. The number of rotatable bonds is 6. The van der Waals surface area contributed by atoms with Crippen LogP contribution in [0.5, 0.6) is 0 Å². The van der Waals surface area contributed by atoms with Gasteiger partial charge in [0.25, 0.3) is 0 Å². The Morgan fingerprint density at radius 2 is 1.48 bits per heavy atom. The van der Waals surface area contributed by atoms with Gasteiger partial charge in [-0.3, -0.25) is 9.59 Å². The lowest BCUT2D eigenvalue weighted by atomic mass is 10.1. The lowest BCUT2D eigenvalue weighted by Gasteiger charge is -2.21. The second-order valence-electron chi connectivity index (χ2n) is 4.63. The van der Waals surface area contributed by atoms with Gasteiger partial charge in [0.2, 0.25) is 5.91 Å². The van der Waals surface area contributed by atoms with Crippen LogP contribution in [0.25, 0.3) is 11.1 Å². The van der Waals surface area contributed by atoms with Crippen molar-refractivity contribution in [2.75, 3.05) is 18.0 Å². The van der Waals surface area contributed by atoms with Crippen LogP contribution in [0.4, 0.5) is 5.69 Å². The Hall–Kier alpha value is -2.82. The lowest BCUT2D eigenvalue weighted by Crippen LogP contribution is -2.37. The molecular weight excluding hydrogens is 268 g/mol. The van der Waals surface area contributed by atoms with Gasteiger partial charge >= 0.3 is 5.97 Å². The lowest BCUT2D eigenvalue weighted by molar-refractivity contribution is -0.135. The number of aliphatic carboxylic acids is 1. The highest BCUT2D eigenvalue weighted by molar-refractivity contribution is 5.83. The monoisotopic (exact) mass is 284 g/mol. The molecule has 0 unspecified atom stereocenters. The molecule has 0 aliphatic heterocycles. The summed E-state index contributed by atoms with van der Waals surface area (Å²) >= 11 is 0. The maximum absolute atomic E-state index is 11.0. The maximum atomic E-state index is 11.0. The van der Waals surface area contributed by atoms with Crippen LogP contribution < -0.4 is 10.6 Å². The van der Waals surface area contributed by atoms with Crippen LogP contribution in [0.3, 0.4) is 0 Å². The molecule has 0 heterocycles. The SMILES string of the molecule is NC(=O)CN(CC(=O)O)c1ccc(-c2ccccc2)cc1. The van der Waals surface area contributed by atoms with E-state index in [1.165, 1.54) is 4.90 Å². The van der Waals surface area contributed by atoms with Crippen LogP contribution in [0.15, 0.2) is 54.6 Å². The summed E-state index contributed by atoms with van der Waals surface area (Å²) in [7, 11) is 0. The van der Waals surface area contributed by atoms with Gasteiger partial charge in [0.1, 0.15) is 6.54 Å². The van der Waals surface area contributed by atoms with Gasteiger partial charge in [-0.1, -0.05) is 42.5 Å². The van der Waals surface area contributed by atoms with E-state index in [0.717, 1.165) is 11.1 Å². The minimum Gasteiger partial charge on any atom is -0.480 e. The average Bonchev–Trinajstić information content (AvgIpc) is 2.47. The second-order valence-corrected chi connectivity index (χ2v) is 4.63. The molecule has 2 rings (SSSR count). The number of primary amides is 1. The van der Waals surface area contributed by atoms with Crippen molar-refractivity contribution in [2.24, 2.45) is 5.73 Å². The van der Waals surface area contributed by atoms with Gasteiger partial charge in [-0.05, 0) is 23.3 Å². The van der Waals surface area contributed by atoms with Crippen LogP contribution in [-0.4, -0.2) is 30.1 Å². The first-order valence-corrected chi connectivity index (χ1v) is 6.47. The molecule has 0 aliphatic carbocycles. The van der Waals surface area contributed by atoms with E-state index in [1.54, 1.807) is 12.1 Å². The number of carboxylic acids is 1. The molecule has 2 aromatic carbocycles. The minimum atomic E-state index is -1.01. The fourth-order valence-electron chi connectivity index (χ4n) is 2.09. The Morgan fingerprint density at radius 3 is 2.00 bits per heavy atom. The Bertz CT molecular complexity index is 608. The van der Waals surface area contributed by atoms with E-state index in [4.69, 9.17) is 10.8 Å². The smallest absolute Gasteiger partial charge is 0.323 e. The maximum Gasteiger partial charge on any atom is 0.323 e. The van der Waals surface area contributed by atoms with Gasteiger partial charge < -0.3 is 15.7 Å². The van der Waals surface area contributed by atoms with Gasteiger partial charge in [-0.15, -0.1) is 0 Å². The van der Waals surface area contributed by atoms with Crippen molar-refractivity contribution >= 4 is 17.6 Å². The Morgan fingerprint density at radius 1 is 0.905 bits per heavy atom. The second kappa shape index (κ2) is 6.56. The molecule has 0 saturated carbocycles. The normalized spacial score (nSPS) is 10.1. The summed E-state index contributed by atoms with van der Waals surface area (Å²) in [5.74, 6) is -1.58. The standard InChI is InChI=1S/C16H16N2O3/c17-15(19)10-18(11-16(20)21)14-8-6-13(7-9-14)12-4-2-1-3-5-12/h1-9H,10-11H2,(H2,17,19)(H,20,21). The number of carbonyl (C=O) groups is 2. The number of nitrogens with zero attached hydrogens (tertiary/aromatic N) is 1. The predicted molar refractivity (Wildman–Crippen MR) is 80.9 cm³/mol. The molecule has 1 amide bonds. The average molecular weight is 284 g/mol. The van der Waals surface area contributed by atoms with Crippen molar-refractivity contribution in [2.45, 2.75) is 0 Å². The van der Waals surface area contributed by atoms with Gasteiger partial charge in [0.05, 0.1) is 6.54 Å². The molecule has 0 spiro atoms. The van der Waals surface area contributed by atoms with E-state index >= 15 is 0 Å². The van der Waals surface area contributed by atoms with Crippen LogP contribution in [0.2, 0.25) is 0 Å². The zero-order valence-corrected chi connectivity index (χ0v) is 11.4. The summed E-state index contributed by atoms with van der Waals surface area (Å²) in [5.41, 5.74) is 7.90. The van der Waals surface area contributed by atoms with Crippen LogP contribution in [0.1, 0.15) is 0 Å². The van der Waals surface area contributed by atoms with Crippen LogP contribution >= 0.6 is 0 Å². The molecule has 0 bridgehead atoms. The molecular formula is C16H16N2O3. The van der Waals surface area contributed by atoms with E-state index in [1.807, 2.05) is 42.5 Å². The molecule has 0 fully saturated rings. The number of anilines is 1. The molecule has 108 valence electrons. The number of hydrogen-bond donors (Lipinski definition) is 2. The molecule has 2 aromatic rings. The zero-order valence-electron chi connectivity index (χ0n) is 11.4. The summed E-state index contributed by atoms with van der Waals surface area (Å²) in [4.78, 5) is 23.3. The quantitative estimate of drug-likeness (QED) is 0.846. The number of amides is 1. The number of benzene rings is 2. The van der Waals surface area contributed by atoms with Gasteiger partial charge in [0.15, 0.2) is 0 Å². The molecule has 0 atom stereocenters. The third kappa shape index (κ3) is 4.07. The van der Waals surface area contributed by atoms with Crippen molar-refractivity contribution in [3.63, 3.8) is 0 Å². The van der Waals surface area contributed by atoms with Crippen molar-refractivity contribution in [3.05, 3.63) is 54.6 Å². The molecule has 0 radical (unpaired) electrons. The predicted octanol–water partition coefficient (Wildman–Crippen LogP) is 1.73. The molecule has 3 N–H and O–H groups in total. The van der Waals surface area contributed by atoms with E-state index < -0.39 is 11.9 Å². The largest absolute Gasteiger partial charge is 0.480 e. The summed E-state index contributed by atoms with van der Waals surface area (Å²) in [6, 6.07) is 17.2.